The van der Waals surface area contributed by atoms with Gasteiger partial charge >= 0.3 is 8.69 Å². The number of unbranched alkanes of at least 4 members (excludes halogenated alkanes) is 1. The Kier molecular flexibility index (Phi) is 50.2. The van der Waals surface area contributed by atoms with Gasteiger partial charge in [0.15, 0.2) is 0 Å². The molecular weight excluding hydrogens is 176 g/mol. The van der Waals surface area contributed by atoms with Crippen molar-refractivity contribution in [2.75, 3.05) is 0 Å². The molecule has 0 aliphatic rings. The SMILES string of the molecule is C[CH-]CC.O=PO.[Zn]. The smallest absolute Gasteiger partial charge is 0.324 e. The second-order valence-electron chi connectivity index (χ2n) is 0.898. The molecule has 0 aliphatic carbocycles. The zero-order valence-electron chi connectivity index (χ0n) is 5.29. The summed E-state index contributed by atoms with van der Waals surface area (Å²) in [5.41, 5.74) is 0. The fourth-order valence-corrected chi connectivity index (χ4v) is 0. The van der Waals surface area contributed by atoms with E-state index >= 15 is 0 Å². The Labute approximate surface area is 64.7 Å². The molecule has 0 saturated carbocycles. The van der Waals surface area contributed by atoms with Gasteiger partial charge in [-0.25, -0.2) is 4.57 Å². The van der Waals surface area contributed by atoms with Gasteiger partial charge in [0.1, 0.15) is 0 Å². The Morgan fingerprint density at radius 1 is 1.75 bits per heavy atom. The zero-order valence-corrected chi connectivity index (χ0v) is 9.16. The molecule has 0 aliphatic heterocycles. The normalized spacial score (nSPS) is 6.38. The van der Waals surface area contributed by atoms with Gasteiger partial charge in [0.05, 0.1) is 0 Å². The maximum absolute atomic E-state index is 8.46. The van der Waals surface area contributed by atoms with Gasteiger partial charge < -0.3 is 11.3 Å². The van der Waals surface area contributed by atoms with Gasteiger partial charge in [-0.05, 0) is 0 Å². The number of hydrogen-bond acceptors (Lipinski definition) is 1. The predicted molar refractivity (Wildman–Crippen MR) is 30.1 cm³/mol. The zero-order chi connectivity index (χ0) is 6.12. The van der Waals surface area contributed by atoms with Crippen molar-refractivity contribution >= 4 is 8.69 Å². The molecule has 0 amide bonds. The van der Waals surface area contributed by atoms with Gasteiger partial charge in [0, 0.05) is 19.5 Å². The van der Waals surface area contributed by atoms with Crippen molar-refractivity contribution in [3.05, 3.63) is 6.42 Å². The summed E-state index contributed by atoms with van der Waals surface area (Å²) in [6, 6.07) is 0. The van der Waals surface area contributed by atoms with Crippen LogP contribution in [0, 0.1) is 6.42 Å². The molecule has 0 saturated heterocycles. The summed E-state index contributed by atoms with van der Waals surface area (Å²) >= 11 is 0. The minimum Gasteiger partial charge on any atom is -0.332 e. The number of rotatable bonds is 1. The molecule has 0 aromatic carbocycles. The monoisotopic (exact) mass is 185 g/mol. The molecule has 2 nitrogen and oxygen atoms in total. The quantitative estimate of drug-likeness (QED) is 0.385. The van der Waals surface area contributed by atoms with Crippen LogP contribution in [0.15, 0.2) is 0 Å². The first kappa shape index (κ1) is 15.9. The summed E-state index contributed by atoms with van der Waals surface area (Å²) in [6.45, 7) is 4.18. The minimum absolute atomic E-state index is 0. The first-order chi connectivity index (χ1) is 3.33. The Bertz CT molecular complexity index is 33.2. The fourth-order valence-electron chi connectivity index (χ4n) is 0. The van der Waals surface area contributed by atoms with Gasteiger partial charge in [0.25, 0.3) is 0 Å². The standard InChI is InChI=1S/C4H9.HO2P.Zn/c1-3-4-2;1-3-2;/h3H,4H2,1-2H3;(H,1,2);/q-1;;. The van der Waals surface area contributed by atoms with Crippen LogP contribution < -0.4 is 0 Å². The van der Waals surface area contributed by atoms with Crippen LogP contribution in [-0.2, 0) is 24.0 Å². The van der Waals surface area contributed by atoms with Crippen molar-refractivity contribution in [1.29, 1.82) is 0 Å². The van der Waals surface area contributed by atoms with Crippen LogP contribution in [0.2, 0.25) is 0 Å². The van der Waals surface area contributed by atoms with Crippen LogP contribution in [0.1, 0.15) is 20.3 Å². The molecule has 0 bridgehead atoms. The summed E-state index contributed by atoms with van der Waals surface area (Å²) in [6.07, 6.45) is 3.32. The molecule has 0 heterocycles. The average molecular weight is 186 g/mol. The Balaban J connectivity index is -0.0000000575. The van der Waals surface area contributed by atoms with Gasteiger partial charge in [-0.2, -0.15) is 13.3 Å². The summed E-state index contributed by atoms with van der Waals surface area (Å²) in [4.78, 5) is 6.99. The third-order valence-electron chi connectivity index (χ3n) is 0.408. The maximum atomic E-state index is 8.46. The molecule has 0 rings (SSSR count). The molecule has 4 heteroatoms. The van der Waals surface area contributed by atoms with Crippen molar-refractivity contribution in [3.8, 4) is 0 Å². The molecule has 46 valence electrons. The largest absolute Gasteiger partial charge is 0.332 e. The second-order valence-corrected chi connectivity index (χ2v) is 1.06. The third kappa shape index (κ3) is 76.2. The van der Waals surface area contributed by atoms with Crippen molar-refractivity contribution in [2.24, 2.45) is 0 Å². The van der Waals surface area contributed by atoms with Crippen molar-refractivity contribution < 1.29 is 28.9 Å². The Morgan fingerprint density at radius 2 is 1.88 bits per heavy atom. The number of hydrogen-bond donors (Lipinski definition) is 1. The van der Waals surface area contributed by atoms with Gasteiger partial charge in [-0.1, -0.05) is 6.92 Å². The van der Waals surface area contributed by atoms with Crippen molar-refractivity contribution in [1.82, 2.24) is 0 Å². The van der Waals surface area contributed by atoms with E-state index in [0.29, 0.717) is 0 Å². The molecule has 8 heavy (non-hydrogen) atoms. The van der Waals surface area contributed by atoms with E-state index < -0.39 is 8.69 Å². The molecule has 0 unspecified atom stereocenters. The molecule has 0 fully saturated rings. The maximum Gasteiger partial charge on any atom is 0.324 e. The minimum atomic E-state index is -0.833. The molecule has 0 aromatic rings. The topological polar surface area (TPSA) is 37.3 Å². The second kappa shape index (κ2) is 25.3. The first-order valence-electron chi connectivity index (χ1n) is 2.08. The first-order valence-corrected chi connectivity index (χ1v) is 2.84. The van der Waals surface area contributed by atoms with E-state index in [1.807, 2.05) is 0 Å². The summed E-state index contributed by atoms with van der Waals surface area (Å²) in [5.74, 6) is 0. The van der Waals surface area contributed by atoms with Gasteiger partial charge in [-0.15, -0.1) is 0 Å². The van der Waals surface area contributed by atoms with E-state index in [9.17, 15) is 0 Å². The summed E-state index contributed by atoms with van der Waals surface area (Å²) < 4.78 is 8.46. The van der Waals surface area contributed by atoms with Crippen LogP contribution in [0.4, 0.5) is 0 Å². The molecule has 0 aromatic heterocycles. The van der Waals surface area contributed by atoms with Crippen molar-refractivity contribution in [2.45, 2.75) is 20.3 Å². The van der Waals surface area contributed by atoms with Crippen molar-refractivity contribution in [3.63, 3.8) is 0 Å². The van der Waals surface area contributed by atoms with Crippen LogP contribution in [0.25, 0.3) is 0 Å². The molecule has 1 N–H and O–H groups in total. The van der Waals surface area contributed by atoms with E-state index in [1.54, 1.807) is 0 Å². The van der Waals surface area contributed by atoms with E-state index in [4.69, 9.17) is 9.46 Å². The van der Waals surface area contributed by atoms with Crippen LogP contribution in [0.3, 0.4) is 0 Å². The predicted octanol–water partition coefficient (Wildman–Crippen LogP) is 1.80. The summed E-state index contributed by atoms with van der Waals surface area (Å²) in [5, 5.41) is 0. The van der Waals surface area contributed by atoms with Gasteiger partial charge in [-0.3, -0.25) is 0 Å². The van der Waals surface area contributed by atoms with Gasteiger partial charge in [0.2, 0.25) is 0 Å². The Hall–Kier alpha value is 0.683. The van der Waals surface area contributed by atoms with Crippen LogP contribution in [-0.4, -0.2) is 4.89 Å². The Morgan fingerprint density at radius 3 is 1.88 bits per heavy atom. The molecule has 0 spiro atoms. The van der Waals surface area contributed by atoms with E-state index in [1.165, 1.54) is 6.42 Å². The van der Waals surface area contributed by atoms with Crippen LogP contribution >= 0.6 is 8.69 Å². The summed E-state index contributed by atoms with van der Waals surface area (Å²) in [7, 11) is -0.833. The van der Waals surface area contributed by atoms with E-state index in [2.05, 4.69) is 20.3 Å². The van der Waals surface area contributed by atoms with Crippen LogP contribution in [0.5, 0.6) is 0 Å². The molecule has 0 atom stereocenters. The third-order valence-corrected chi connectivity index (χ3v) is 0.408. The average Bonchev–Trinajstić information content (AvgIpc) is 1.69. The van der Waals surface area contributed by atoms with E-state index in [0.717, 1.165) is 0 Å². The van der Waals surface area contributed by atoms with E-state index in [-0.39, 0.29) is 19.5 Å². The molecule has 0 radical (unpaired) electrons. The fraction of sp³-hybridized carbons (Fsp3) is 0.750. The molecular formula is C4H10O2PZn-.